The summed E-state index contributed by atoms with van der Waals surface area (Å²) in [6.45, 7) is 4.00. The number of thiophene rings is 1. The average molecular weight is 422 g/mol. The summed E-state index contributed by atoms with van der Waals surface area (Å²) in [5, 5.41) is 3.01. The van der Waals surface area contributed by atoms with Crippen LogP contribution in [0.1, 0.15) is 39.7 Å². The van der Waals surface area contributed by atoms with Crippen LogP contribution in [-0.4, -0.2) is 33.2 Å². The molecule has 6 nitrogen and oxygen atoms in total. The summed E-state index contributed by atoms with van der Waals surface area (Å²) >= 11 is 1.33. The van der Waals surface area contributed by atoms with Gasteiger partial charge in [-0.15, -0.1) is 11.3 Å². The Bertz CT molecular complexity index is 1010. The Morgan fingerprint density at radius 1 is 1.25 bits per heavy atom. The van der Waals surface area contributed by atoms with Crippen LogP contribution in [0.4, 0.5) is 5.00 Å². The van der Waals surface area contributed by atoms with Gasteiger partial charge in [0, 0.05) is 4.88 Å². The number of carbonyl (C=O) groups excluding carboxylic acids is 2. The first-order valence-electron chi connectivity index (χ1n) is 9.03. The van der Waals surface area contributed by atoms with Crippen molar-refractivity contribution in [3.63, 3.8) is 0 Å². The molecule has 0 fully saturated rings. The van der Waals surface area contributed by atoms with Crippen LogP contribution in [0.2, 0.25) is 0 Å². The smallest absolute Gasteiger partial charge is 0.341 e. The predicted octanol–water partition coefficient (Wildman–Crippen LogP) is 3.38. The molecule has 0 unspecified atom stereocenters. The van der Waals surface area contributed by atoms with Gasteiger partial charge in [-0.3, -0.25) is 4.79 Å². The Labute approximate surface area is 168 Å². The first-order chi connectivity index (χ1) is 13.2. The van der Waals surface area contributed by atoms with Gasteiger partial charge in [-0.05, 0) is 49.8 Å². The maximum absolute atomic E-state index is 12.5. The number of rotatable bonds is 5. The fourth-order valence-corrected chi connectivity index (χ4v) is 5.87. The van der Waals surface area contributed by atoms with E-state index in [1.54, 1.807) is 12.1 Å². The van der Waals surface area contributed by atoms with E-state index in [1.165, 1.54) is 30.6 Å². The number of hydrogen-bond donors (Lipinski definition) is 1. The summed E-state index contributed by atoms with van der Waals surface area (Å²) in [4.78, 5) is 25.9. The summed E-state index contributed by atoms with van der Waals surface area (Å²) in [6, 6.07) is 6.36. The molecule has 150 valence electrons. The Kier molecular flexibility index (Phi) is 5.90. The van der Waals surface area contributed by atoms with Gasteiger partial charge in [0.05, 0.1) is 17.6 Å². The largest absolute Gasteiger partial charge is 0.465 e. The number of sulfone groups is 1. The molecule has 1 aliphatic rings. The molecule has 0 saturated carbocycles. The highest BCUT2D eigenvalue weighted by Gasteiger charge is 2.29. The number of amides is 1. The lowest BCUT2D eigenvalue weighted by Gasteiger charge is -2.18. The Morgan fingerprint density at radius 3 is 2.57 bits per heavy atom. The monoisotopic (exact) mass is 421 g/mol. The number of carbonyl (C=O) groups is 2. The van der Waals surface area contributed by atoms with Crippen LogP contribution in [-0.2, 0) is 32.2 Å². The highest BCUT2D eigenvalue weighted by Crippen LogP contribution is 2.40. The molecule has 3 rings (SSSR count). The standard InChI is InChI=1S/C20H23NO5S2/c1-12-4-7-14(8-5-12)28(24,25)11-17(22)21-19-18(20(23)26-3)15-9-6-13(2)10-16(15)27-19/h4-5,7-8,13H,6,9-11H2,1-3H3,(H,21,22)/t13-/m1/s1. The molecule has 0 radical (unpaired) electrons. The fraction of sp³-hybridized carbons (Fsp3) is 0.400. The van der Waals surface area contributed by atoms with Crippen LogP contribution in [0, 0.1) is 12.8 Å². The van der Waals surface area contributed by atoms with Gasteiger partial charge in [0.15, 0.2) is 9.84 Å². The zero-order valence-corrected chi connectivity index (χ0v) is 17.7. The molecule has 0 bridgehead atoms. The number of esters is 1. The SMILES string of the molecule is COC(=O)c1c(NC(=O)CS(=O)(=O)c2ccc(C)cc2)sc2c1CC[C@@H](C)C2. The summed E-state index contributed by atoms with van der Waals surface area (Å²) in [5.41, 5.74) is 2.20. The van der Waals surface area contributed by atoms with E-state index in [0.29, 0.717) is 16.5 Å². The number of benzene rings is 1. The number of hydrogen-bond acceptors (Lipinski definition) is 6. The van der Waals surface area contributed by atoms with Crippen LogP contribution < -0.4 is 5.32 Å². The third kappa shape index (κ3) is 4.28. The van der Waals surface area contributed by atoms with Gasteiger partial charge in [-0.1, -0.05) is 24.6 Å². The lowest BCUT2D eigenvalue weighted by Crippen LogP contribution is -2.23. The van der Waals surface area contributed by atoms with E-state index >= 15 is 0 Å². The summed E-state index contributed by atoms with van der Waals surface area (Å²) in [7, 11) is -2.47. The van der Waals surface area contributed by atoms with E-state index in [9.17, 15) is 18.0 Å². The van der Waals surface area contributed by atoms with Crippen molar-refractivity contribution in [1.29, 1.82) is 0 Å². The van der Waals surface area contributed by atoms with Gasteiger partial charge < -0.3 is 10.1 Å². The van der Waals surface area contributed by atoms with Crippen LogP contribution in [0.3, 0.4) is 0 Å². The van der Waals surface area contributed by atoms with E-state index < -0.39 is 27.5 Å². The molecule has 2 aromatic rings. The number of methoxy groups -OCH3 is 1. The Morgan fingerprint density at radius 2 is 1.93 bits per heavy atom. The third-order valence-electron chi connectivity index (χ3n) is 4.86. The van der Waals surface area contributed by atoms with E-state index in [0.717, 1.165) is 35.3 Å². The molecule has 28 heavy (non-hydrogen) atoms. The second-order valence-corrected chi connectivity index (χ2v) is 10.3. The summed E-state index contributed by atoms with van der Waals surface area (Å²) < 4.78 is 29.9. The minimum atomic E-state index is -3.77. The second kappa shape index (κ2) is 8.05. The lowest BCUT2D eigenvalue weighted by molar-refractivity contribution is -0.113. The number of ether oxygens (including phenoxy) is 1. The topological polar surface area (TPSA) is 89.5 Å². The number of aryl methyl sites for hydroxylation is 1. The van der Waals surface area contributed by atoms with E-state index in [-0.39, 0.29) is 4.90 Å². The highest BCUT2D eigenvalue weighted by molar-refractivity contribution is 7.92. The first kappa shape index (κ1) is 20.5. The fourth-order valence-electron chi connectivity index (χ4n) is 3.32. The zero-order valence-electron chi connectivity index (χ0n) is 16.1. The number of fused-ring (bicyclic) bond motifs is 1. The van der Waals surface area contributed by atoms with E-state index in [4.69, 9.17) is 4.74 Å². The van der Waals surface area contributed by atoms with E-state index in [1.807, 2.05) is 6.92 Å². The summed E-state index contributed by atoms with van der Waals surface area (Å²) in [6.07, 6.45) is 2.54. The molecular formula is C20H23NO5S2. The van der Waals surface area contributed by atoms with Crippen molar-refractivity contribution in [3.05, 3.63) is 45.8 Å². The Hall–Kier alpha value is -2.19. The van der Waals surface area contributed by atoms with Crippen molar-refractivity contribution in [2.45, 2.75) is 38.0 Å². The van der Waals surface area contributed by atoms with Crippen molar-refractivity contribution in [2.24, 2.45) is 5.92 Å². The molecule has 0 spiro atoms. The van der Waals surface area contributed by atoms with Gasteiger partial charge in [-0.2, -0.15) is 0 Å². The Balaban J connectivity index is 1.84. The van der Waals surface area contributed by atoms with Crippen molar-refractivity contribution in [1.82, 2.24) is 0 Å². The average Bonchev–Trinajstić information content (AvgIpc) is 2.97. The van der Waals surface area contributed by atoms with Crippen LogP contribution >= 0.6 is 11.3 Å². The molecular weight excluding hydrogens is 398 g/mol. The number of anilines is 1. The predicted molar refractivity (Wildman–Crippen MR) is 109 cm³/mol. The van der Waals surface area contributed by atoms with Gasteiger partial charge in [0.25, 0.3) is 0 Å². The molecule has 1 N–H and O–H groups in total. The molecule has 1 atom stereocenters. The van der Waals surface area contributed by atoms with Crippen LogP contribution in [0.25, 0.3) is 0 Å². The zero-order chi connectivity index (χ0) is 20.5. The minimum absolute atomic E-state index is 0.0979. The second-order valence-electron chi connectivity index (χ2n) is 7.17. The highest BCUT2D eigenvalue weighted by atomic mass is 32.2. The molecule has 8 heteroatoms. The lowest BCUT2D eigenvalue weighted by atomic mass is 9.88. The molecule has 1 heterocycles. The van der Waals surface area contributed by atoms with Crippen molar-refractivity contribution in [3.8, 4) is 0 Å². The molecule has 1 aromatic heterocycles. The third-order valence-corrected chi connectivity index (χ3v) is 7.66. The van der Waals surface area contributed by atoms with Gasteiger partial charge in [-0.25, -0.2) is 13.2 Å². The molecule has 1 amide bonds. The van der Waals surface area contributed by atoms with Crippen molar-refractivity contribution < 1.29 is 22.7 Å². The molecule has 1 aromatic carbocycles. The van der Waals surface area contributed by atoms with E-state index in [2.05, 4.69) is 12.2 Å². The quantitative estimate of drug-likeness (QED) is 0.748. The molecule has 1 aliphatic carbocycles. The first-order valence-corrected chi connectivity index (χ1v) is 11.5. The van der Waals surface area contributed by atoms with Crippen molar-refractivity contribution >= 4 is 38.1 Å². The van der Waals surface area contributed by atoms with Crippen LogP contribution in [0.5, 0.6) is 0 Å². The van der Waals surface area contributed by atoms with Crippen LogP contribution in [0.15, 0.2) is 29.2 Å². The molecule has 0 aliphatic heterocycles. The van der Waals surface area contributed by atoms with Gasteiger partial charge in [0.2, 0.25) is 5.91 Å². The normalized spacial score (nSPS) is 16.3. The van der Waals surface area contributed by atoms with Gasteiger partial charge in [0.1, 0.15) is 10.8 Å². The summed E-state index contributed by atoms with van der Waals surface area (Å²) in [5.74, 6) is -1.36. The maximum atomic E-state index is 12.5. The minimum Gasteiger partial charge on any atom is -0.465 e. The maximum Gasteiger partial charge on any atom is 0.341 e. The van der Waals surface area contributed by atoms with Gasteiger partial charge >= 0.3 is 5.97 Å². The van der Waals surface area contributed by atoms with Crippen molar-refractivity contribution in [2.75, 3.05) is 18.2 Å². The number of nitrogens with one attached hydrogen (secondary N) is 1. The molecule has 0 saturated heterocycles.